The first-order chi connectivity index (χ1) is 6.87. The average Bonchev–Trinajstić information content (AvgIpc) is 2.58. The Morgan fingerprint density at radius 2 is 1.80 bits per heavy atom. The molecule has 4 atom stereocenters. The van der Waals surface area contributed by atoms with E-state index in [1.807, 2.05) is 20.8 Å². The molecule has 2 heteroatoms. The summed E-state index contributed by atoms with van der Waals surface area (Å²) < 4.78 is 5.47. The van der Waals surface area contributed by atoms with Crippen LogP contribution in [-0.4, -0.2) is 11.6 Å². The maximum absolute atomic E-state index is 11.9. The lowest BCUT2D eigenvalue weighted by molar-refractivity contribution is -0.162. The zero-order chi connectivity index (χ0) is 11.2. The summed E-state index contributed by atoms with van der Waals surface area (Å²) in [6, 6.07) is 0. The van der Waals surface area contributed by atoms with Crippen LogP contribution in [0.5, 0.6) is 0 Å². The van der Waals surface area contributed by atoms with E-state index >= 15 is 0 Å². The normalized spacial score (nSPS) is 39.5. The Morgan fingerprint density at radius 1 is 1.13 bits per heavy atom. The Morgan fingerprint density at radius 3 is 2.20 bits per heavy atom. The Labute approximate surface area is 92.4 Å². The SMILES string of the molecule is CC1CC2CC1CC2C(=O)OC(C)(C)C. The van der Waals surface area contributed by atoms with E-state index in [0.717, 1.165) is 18.3 Å². The van der Waals surface area contributed by atoms with Gasteiger partial charge in [-0.25, -0.2) is 0 Å². The van der Waals surface area contributed by atoms with E-state index in [1.165, 1.54) is 12.8 Å². The number of ether oxygens (including phenoxy) is 1. The molecular formula is C13H22O2. The summed E-state index contributed by atoms with van der Waals surface area (Å²) in [6.45, 7) is 8.15. The molecule has 2 fully saturated rings. The summed E-state index contributed by atoms with van der Waals surface area (Å²) in [6.07, 6.45) is 3.56. The van der Waals surface area contributed by atoms with Crippen LogP contribution in [0.3, 0.4) is 0 Å². The molecule has 0 saturated heterocycles. The van der Waals surface area contributed by atoms with Crippen molar-refractivity contribution < 1.29 is 9.53 Å². The van der Waals surface area contributed by atoms with Gasteiger partial charge in [0.15, 0.2) is 0 Å². The molecule has 0 aromatic rings. The number of hydrogen-bond acceptors (Lipinski definition) is 2. The van der Waals surface area contributed by atoms with Crippen LogP contribution in [0.4, 0.5) is 0 Å². The van der Waals surface area contributed by atoms with Crippen molar-refractivity contribution >= 4 is 5.97 Å². The summed E-state index contributed by atoms with van der Waals surface area (Å²) >= 11 is 0. The van der Waals surface area contributed by atoms with E-state index in [4.69, 9.17) is 4.74 Å². The van der Waals surface area contributed by atoms with Crippen molar-refractivity contribution in [1.29, 1.82) is 0 Å². The van der Waals surface area contributed by atoms with E-state index in [2.05, 4.69) is 6.92 Å². The minimum absolute atomic E-state index is 0.0434. The molecule has 0 aromatic heterocycles. The smallest absolute Gasteiger partial charge is 0.309 e. The van der Waals surface area contributed by atoms with Crippen molar-refractivity contribution in [3.63, 3.8) is 0 Å². The van der Waals surface area contributed by atoms with E-state index < -0.39 is 0 Å². The number of rotatable bonds is 1. The molecule has 0 spiro atoms. The third-order valence-electron chi connectivity index (χ3n) is 3.92. The second-order valence-corrected chi connectivity index (χ2v) is 6.34. The van der Waals surface area contributed by atoms with Gasteiger partial charge in [-0.3, -0.25) is 4.79 Å². The molecule has 2 nitrogen and oxygen atoms in total. The molecule has 2 saturated carbocycles. The molecule has 2 aliphatic carbocycles. The fourth-order valence-corrected chi connectivity index (χ4v) is 3.23. The maximum Gasteiger partial charge on any atom is 0.309 e. The van der Waals surface area contributed by atoms with Gasteiger partial charge in [-0.1, -0.05) is 6.92 Å². The second kappa shape index (κ2) is 3.50. The molecule has 0 amide bonds. The number of fused-ring (bicyclic) bond motifs is 2. The van der Waals surface area contributed by atoms with Gasteiger partial charge < -0.3 is 4.74 Å². The summed E-state index contributed by atoms with van der Waals surface area (Å²) in [7, 11) is 0. The highest BCUT2D eigenvalue weighted by Crippen LogP contribution is 2.52. The largest absolute Gasteiger partial charge is 0.460 e. The van der Waals surface area contributed by atoms with Gasteiger partial charge >= 0.3 is 5.97 Å². The number of carbonyl (C=O) groups is 1. The molecule has 86 valence electrons. The topological polar surface area (TPSA) is 26.3 Å². The Bertz CT molecular complexity index is 262. The third-order valence-corrected chi connectivity index (χ3v) is 3.92. The number of esters is 1. The van der Waals surface area contributed by atoms with Crippen molar-refractivity contribution in [2.45, 2.75) is 52.6 Å². The van der Waals surface area contributed by atoms with E-state index in [-0.39, 0.29) is 17.5 Å². The zero-order valence-corrected chi connectivity index (χ0v) is 10.2. The van der Waals surface area contributed by atoms with Crippen LogP contribution >= 0.6 is 0 Å². The van der Waals surface area contributed by atoms with Crippen LogP contribution in [-0.2, 0) is 9.53 Å². The van der Waals surface area contributed by atoms with Crippen molar-refractivity contribution in [2.24, 2.45) is 23.7 Å². The first kappa shape index (κ1) is 11.0. The highest BCUT2D eigenvalue weighted by Gasteiger charge is 2.47. The third kappa shape index (κ3) is 2.19. The van der Waals surface area contributed by atoms with Gasteiger partial charge in [0, 0.05) is 0 Å². The molecule has 0 N–H and O–H groups in total. The highest BCUT2D eigenvalue weighted by molar-refractivity contribution is 5.73. The minimum atomic E-state index is -0.329. The predicted molar refractivity (Wildman–Crippen MR) is 59.3 cm³/mol. The Balaban J connectivity index is 1.94. The summed E-state index contributed by atoms with van der Waals surface area (Å²) in [4.78, 5) is 11.9. The van der Waals surface area contributed by atoms with Crippen LogP contribution < -0.4 is 0 Å². The molecule has 2 bridgehead atoms. The van der Waals surface area contributed by atoms with Crippen molar-refractivity contribution in [3.05, 3.63) is 0 Å². The van der Waals surface area contributed by atoms with Crippen LogP contribution in [0.2, 0.25) is 0 Å². The molecule has 2 rings (SSSR count). The van der Waals surface area contributed by atoms with E-state index in [0.29, 0.717) is 5.92 Å². The van der Waals surface area contributed by atoms with Crippen molar-refractivity contribution in [3.8, 4) is 0 Å². The van der Waals surface area contributed by atoms with Crippen LogP contribution in [0.1, 0.15) is 47.0 Å². The standard InChI is InChI=1S/C13H22O2/c1-8-5-10-6-9(8)7-11(10)12(14)15-13(2,3)4/h8-11H,5-7H2,1-4H3. The number of hydrogen-bond donors (Lipinski definition) is 0. The van der Waals surface area contributed by atoms with Crippen molar-refractivity contribution in [1.82, 2.24) is 0 Å². The van der Waals surface area contributed by atoms with Crippen molar-refractivity contribution in [2.75, 3.05) is 0 Å². The Kier molecular flexibility index (Phi) is 2.56. The maximum atomic E-state index is 11.9. The lowest BCUT2D eigenvalue weighted by atomic mass is 9.83. The minimum Gasteiger partial charge on any atom is -0.460 e. The molecular weight excluding hydrogens is 188 g/mol. The first-order valence-corrected chi connectivity index (χ1v) is 6.09. The fraction of sp³-hybridized carbons (Fsp3) is 0.923. The molecule has 0 aliphatic heterocycles. The van der Waals surface area contributed by atoms with Crippen LogP contribution in [0.15, 0.2) is 0 Å². The molecule has 0 heterocycles. The fourth-order valence-electron chi connectivity index (χ4n) is 3.23. The highest BCUT2D eigenvalue weighted by atomic mass is 16.6. The summed E-state index contributed by atoms with van der Waals surface area (Å²) in [5, 5.41) is 0. The van der Waals surface area contributed by atoms with E-state index in [9.17, 15) is 4.79 Å². The van der Waals surface area contributed by atoms with Gasteiger partial charge in [0.2, 0.25) is 0 Å². The van der Waals surface area contributed by atoms with Gasteiger partial charge in [-0.05, 0) is 57.8 Å². The molecule has 4 unspecified atom stereocenters. The lowest BCUT2D eigenvalue weighted by Gasteiger charge is -2.28. The van der Waals surface area contributed by atoms with Crippen LogP contribution in [0, 0.1) is 23.7 Å². The van der Waals surface area contributed by atoms with Gasteiger partial charge in [0.1, 0.15) is 5.60 Å². The van der Waals surface area contributed by atoms with Gasteiger partial charge in [-0.15, -0.1) is 0 Å². The first-order valence-electron chi connectivity index (χ1n) is 6.09. The second-order valence-electron chi connectivity index (χ2n) is 6.34. The van der Waals surface area contributed by atoms with Gasteiger partial charge in [0.25, 0.3) is 0 Å². The quantitative estimate of drug-likeness (QED) is 0.622. The average molecular weight is 210 g/mol. The molecule has 0 aromatic carbocycles. The number of carbonyl (C=O) groups excluding carboxylic acids is 1. The Hall–Kier alpha value is -0.530. The summed E-state index contributed by atoms with van der Waals surface area (Å²) in [5.74, 6) is 2.47. The van der Waals surface area contributed by atoms with Crippen LogP contribution in [0.25, 0.3) is 0 Å². The van der Waals surface area contributed by atoms with Gasteiger partial charge in [0.05, 0.1) is 5.92 Å². The molecule has 0 radical (unpaired) electrons. The zero-order valence-electron chi connectivity index (χ0n) is 10.2. The molecule has 2 aliphatic rings. The van der Waals surface area contributed by atoms with Gasteiger partial charge in [-0.2, -0.15) is 0 Å². The summed E-state index contributed by atoms with van der Waals surface area (Å²) in [5.41, 5.74) is -0.329. The van der Waals surface area contributed by atoms with E-state index in [1.54, 1.807) is 0 Å². The molecule has 15 heavy (non-hydrogen) atoms. The lowest BCUT2D eigenvalue weighted by Crippen LogP contribution is -2.32. The predicted octanol–water partition coefficient (Wildman–Crippen LogP) is 3.01. The monoisotopic (exact) mass is 210 g/mol.